The number of aryl methyl sites for hydroxylation is 1. The molecule has 0 amide bonds. The number of hydrogen-bond donors (Lipinski definition) is 0. The summed E-state index contributed by atoms with van der Waals surface area (Å²) in [5.41, 5.74) is 26.6. The summed E-state index contributed by atoms with van der Waals surface area (Å²) < 4.78 is 7.35. The maximum Gasteiger partial charge on any atom is 0.0542 e. The van der Waals surface area contributed by atoms with E-state index >= 15 is 0 Å². The molecular weight excluding hydrogens is 1120 g/mol. The minimum atomic E-state index is 0.996. The highest BCUT2D eigenvalue weighted by atomic mass is 15.0. The predicted octanol–water partition coefficient (Wildman–Crippen LogP) is 24.2. The predicted molar refractivity (Wildman–Crippen MR) is 394 cm³/mol. The number of rotatable bonds is 9. The molecule has 0 atom stereocenters. The van der Waals surface area contributed by atoms with Gasteiger partial charge in [-0.2, -0.15) is 0 Å². The van der Waals surface area contributed by atoms with E-state index in [0.717, 1.165) is 24.2 Å². The largest absolute Gasteiger partial charge is 0.310 e. The maximum atomic E-state index is 2.52. The number of aromatic nitrogens is 3. The second-order valence-electron chi connectivity index (χ2n) is 25.1. The lowest BCUT2D eigenvalue weighted by Crippen LogP contribution is -2.00. The molecule has 0 bridgehead atoms. The molecule has 0 unspecified atom stereocenters. The summed E-state index contributed by atoms with van der Waals surface area (Å²) in [6, 6.07) is 120. The van der Waals surface area contributed by atoms with E-state index in [1.54, 1.807) is 0 Å². The quantitative estimate of drug-likeness (QED) is 0.128. The van der Waals surface area contributed by atoms with E-state index < -0.39 is 0 Å². The molecule has 15 aromatic carbocycles. The van der Waals surface area contributed by atoms with Crippen molar-refractivity contribution in [2.24, 2.45) is 0 Å². The van der Waals surface area contributed by atoms with Gasteiger partial charge in [-0.3, -0.25) is 0 Å². The Bertz CT molecular complexity index is 6000. The first kappa shape index (κ1) is 52.9. The number of allylic oxidation sites excluding steroid dienone is 1. The summed E-state index contributed by atoms with van der Waals surface area (Å²) >= 11 is 0. The minimum Gasteiger partial charge on any atom is -0.310 e. The van der Waals surface area contributed by atoms with Crippen LogP contribution in [0.15, 0.2) is 328 Å². The number of benzene rings is 15. The molecular formula is C90H59N3. The van der Waals surface area contributed by atoms with Crippen LogP contribution in [0.4, 0.5) is 0 Å². The SMILES string of the molecule is C1=Cc2c(c3cc(-c4ccc5c(c4)c4ccccc4n5-c4ccccc4)ccc3n2-c2ccc3c(c2)c2cc(-c4ccc5c6ccc(-c7cccc(-c8cc(-c9ccccc9)cc(-c9ccccc9)c8)c7)cc6c6ccccc6c5c4)ccc2n3-c2ccccc2)CC1. The molecule has 0 N–H and O–H groups in total. The van der Waals surface area contributed by atoms with Crippen molar-refractivity contribution < 1.29 is 0 Å². The molecule has 0 fully saturated rings. The van der Waals surface area contributed by atoms with Crippen molar-refractivity contribution in [3.8, 4) is 83.8 Å². The second-order valence-corrected chi connectivity index (χ2v) is 25.1. The molecule has 434 valence electrons. The lowest BCUT2D eigenvalue weighted by Gasteiger charge is -2.15. The normalized spacial score (nSPS) is 12.4. The molecule has 3 nitrogen and oxygen atoms in total. The summed E-state index contributed by atoms with van der Waals surface area (Å²) in [5, 5.41) is 13.8. The Balaban J connectivity index is 0.711. The molecule has 1 aliphatic carbocycles. The average Bonchev–Trinajstić information content (AvgIpc) is 1.83. The van der Waals surface area contributed by atoms with Crippen LogP contribution in [0.25, 0.3) is 177 Å². The van der Waals surface area contributed by atoms with Gasteiger partial charge >= 0.3 is 0 Å². The average molecular weight is 1180 g/mol. The Morgan fingerprint density at radius 2 is 0.548 bits per heavy atom. The summed E-state index contributed by atoms with van der Waals surface area (Å²) in [6.45, 7) is 0. The fraction of sp³-hybridized carbons (Fsp3) is 0.0222. The van der Waals surface area contributed by atoms with Crippen LogP contribution in [0.1, 0.15) is 17.7 Å². The van der Waals surface area contributed by atoms with Crippen LogP contribution < -0.4 is 0 Å². The molecule has 18 aromatic rings. The molecule has 3 aromatic heterocycles. The molecule has 3 heterocycles. The Hall–Kier alpha value is -12.0. The molecule has 3 heteroatoms. The van der Waals surface area contributed by atoms with E-state index in [2.05, 4.69) is 347 Å². The Labute approximate surface area is 538 Å². The monoisotopic (exact) mass is 1180 g/mol. The molecule has 0 aliphatic heterocycles. The first-order valence-corrected chi connectivity index (χ1v) is 32.4. The summed E-state index contributed by atoms with van der Waals surface area (Å²) in [6.07, 6.45) is 6.73. The molecule has 93 heavy (non-hydrogen) atoms. The molecule has 19 rings (SSSR count). The smallest absolute Gasteiger partial charge is 0.0542 e. The zero-order valence-corrected chi connectivity index (χ0v) is 51.0. The van der Waals surface area contributed by atoms with E-state index in [1.165, 1.54) is 171 Å². The van der Waals surface area contributed by atoms with Gasteiger partial charge in [0.2, 0.25) is 0 Å². The van der Waals surface area contributed by atoms with Crippen molar-refractivity contribution in [3.63, 3.8) is 0 Å². The van der Waals surface area contributed by atoms with Crippen LogP contribution >= 0.6 is 0 Å². The highest BCUT2D eigenvalue weighted by molar-refractivity contribution is 6.26. The highest BCUT2D eigenvalue weighted by Crippen LogP contribution is 2.45. The van der Waals surface area contributed by atoms with E-state index in [1.807, 2.05) is 0 Å². The van der Waals surface area contributed by atoms with E-state index in [0.29, 0.717) is 0 Å². The molecule has 0 spiro atoms. The standard InChI is InChI=1S/C90H59N3/c1-5-20-58(21-6-1)67-49-68(59-22-7-2-8-23-59)51-69(50-67)61-25-19-24-60(48-61)62-36-42-75-76-43-37-63(53-80(76)74-31-14-13-30-73(74)79(75)52-62)66-40-46-89-83(56-66)84-57-72(41-47-90(84)92(89)71-28-11-4-12-29-71)93-86-35-18-16-33-78(86)82-55-65(39-45-88(82)93)64-38-44-87-81(54-64)77-32-15-17-34-85(77)91(87)70-26-9-3-10-27-70/h1-15,17-32,34-57H,16,33H2. The van der Waals surface area contributed by atoms with Crippen LogP contribution in [0.5, 0.6) is 0 Å². The molecule has 0 radical (unpaired) electrons. The van der Waals surface area contributed by atoms with Gasteiger partial charge in [0, 0.05) is 49.7 Å². The Morgan fingerprint density at radius 1 is 0.194 bits per heavy atom. The summed E-state index contributed by atoms with van der Waals surface area (Å²) in [5.74, 6) is 0. The van der Waals surface area contributed by atoms with Gasteiger partial charge in [-0.05, 0) is 245 Å². The van der Waals surface area contributed by atoms with Crippen molar-refractivity contribution in [2.45, 2.75) is 12.8 Å². The minimum absolute atomic E-state index is 0.996. The van der Waals surface area contributed by atoms with Crippen LogP contribution in [0, 0.1) is 0 Å². The van der Waals surface area contributed by atoms with E-state index in [4.69, 9.17) is 0 Å². The van der Waals surface area contributed by atoms with Crippen LogP contribution in [-0.2, 0) is 6.42 Å². The lowest BCUT2D eigenvalue weighted by atomic mass is 9.89. The Morgan fingerprint density at radius 3 is 1.10 bits per heavy atom. The van der Waals surface area contributed by atoms with Crippen molar-refractivity contribution in [2.75, 3.05) is 0 Å². The molecule has 0 saturated carbocycles. The zero-order valence-electron chi connectivity index (χ0n) is 51.0. The molecule has 1 aliphatic rings. The van der Waals surface area contributed by atoms with Gasteiger partial charge in [0.15, 0.2) is 0 Å². The van der Waals surface area contributed by atoms with Crippen molar-refractivity contribution in [1.29, 1.82) is 0 Å². The third-order valence-corrected chi connectivity index (χ3v) is 19.8. The maximum absolute atomic E-state index is 2.52. The number of nitrogens with zero attached hydrogens (tertiary/aromatic N) is 3. The first-order valence-electron chi connectivity index (χ1n) is 32.4. The number of fused-ring (bicyclic) bond motifs is 15. The fourth-order valence-electron chi connectivity index (χ4n) is 15.5. The third kappa shape index (κ3) is 8.65. The van der Waals surface area contributed by atoms with Crippen LogP contribution in [0.2, 0.25) is 0 Å². The topological polar surface area (TPSA) is 14.8 Å². The van der Waals surface area contributed by atoms with Crippen molar-refractivity contribution in [3.05, 3.63) is 339 Å². The van der Waals surface area contributed by atoms with Crippen LogP contribution in [0.3, 0.4) is 0 Å². The number of para-hydroxylation sites is 3. The Kier molecular flexibility index (Phi) is 12.1. The third-order valence-electron chi connectivity index (χ3n) is 19.8. The van der Waals surface area contributed by atoms with Gasteiger partial charge in [-0.1, -0.05) is 206 Å². The zero-order chi connectivity index (χ0) is 61.1. The summed E-state index contributed by atoms with van der Waals surface area (Å²) in [7, 11) is 0. The van der Waals surface area contributed by atoms with Gasteiger partial charge in [0.05, 0.1) is 27.6 Å². The second kappa shape index (κ2) is 21.3. The fourth-order valence-corrected chi connectivity index (χ4v) is 15.5. The van der Waals surface area contributed by atoms with Gasteiger partial charge in [0.25, 0.3) is 0 Å². The van der Waals surface area contributed by atoms with E-state index in [9.17, 15) is 0 Å². The summed E-state index contributed by atoms with van der Waals surface area (Å²) in [4.78, 5) is 0. The number of hydrogen-bond acceptors (Lipinski definition) is 0. The van der Waals surface area contributed by atoms with Crippen molar-refractivity contribution in [1.82, 2.24) is 13.7 Å². The van der Waals surface area contributed by atoms with E-state index in [-0.39, 0.29) is 0 Å². The van der Waals surface area contributed by atoms with Gasteiger partial charge in [-0.15, -0.1) is 0 Å². The first-order chi connectivity index (χ1) is 46.1. The molecule has 0 saturated heterocycles. The van der Waals surface area contributed by atoms with Gasteiger partial charge in [0.1, 0.15) is 0 Å². The van der Waals surface area contributed by atoms with Crippen LogP contribution in [-0.4, -0.2) is 13.7 Å². The highest BCUT2D eigenvalue weighted by Gasteiger charge is 2.23. The lowest BCUT2D eigenvalue weighted by molar-refractivity contribution is 0.968. The van der Waals surface area contributed by atoms with Gasteiger partial charge < -0.3 is 13.7 Å². The van der Waals surface area contributed by atoms with Crippen molar-refractivity contribution >= 4 is 92.9 Å². The van der Waals surface area contributed by atoms with Gasteiger partial charge in [-0.25, -0.2) is 0 Å².